The van der Waals surface area contributed by atoms with Gasteiger partial charge in [-0.1, -0.05) is 12.1 Å². The zero-order valence-corrected chi connectivity index (χ0v) is 15.7. The van der Waals surface area contributed by atoms with Crippen LogP contribution < -0.4 is 4.72 Å². The zero-order chi connectivity index (χ0) is 20.5. The molecule has 0 spiro atoms. The number of alkyl halides is 3. The lowest BCUT2D eigenvalue weighted by molar-refractivity contribution is -0.142. The summed E-state index contributed by atoms with van der Waals surface area (Å²) in [6, 6.07) is 5.40. The third-order valence-corrected chi connectivity index (χ3v) is 5.83. The highest BCUT2D eigenvalue weighted by Crippen LogP contribution is 2.34. The van der Waals surface area contributed by atoms with Gasteiger partial charge >= 0.3 is 6.18 Å². The second kappa shape index (κ2) is 7.64. The Morgan fingerprint density at radius 2 is 1.96 bits per heavy atom. The van der Waals surface area contributed by atoms with Gasteiger partial charge in [0.1, 0.15) is 0 Å². The van der Waals surface area contributed by atoms with Crippen molar-refractivity contribution in [2.45, 2.75) is 37.6 Å². The second-order valence-corrected chi connectivity index (χ2v) is 8.04. The van der Waals surface area contributed by atoms with Crippen LogP contribution in [0.15, 0.2) is 29.2 Å². The normalized spacial score (nSPS) is 14.7. The van der Waals surface area contributed by atoms with E-state index in [0.717, 1.165) is 0 Å². The molecule has 0 fully saturated rings. The minimum absolute atomic E-state index is 0.00132. The van der Waals surface area contributed by atoms with Crippen LogP contribution in [0.3, 0.4) is 0 Å². The van der Waals surface area contributed by atoms with E-state index in [-0.39, 0.29) is 49.0 Å². The van der Waals surface area contributed by atoms with Gasteiger partial charge in [0.2, 0.25) is 10.0 Å². The Kier molecular flexibility index (Phi) is 5.60. The number of fused-ring (bicyclic) bond motifs is 1. The predicted molar refractivity (Wildman–Crippen MR) is 92.2 cm³/mol. The van der Waals surface area contributed by atoms with Crippen LogP contribution in [0.25, 0.3) is 0 Å². The van der Waals surface area contributed by atoms with Gasteiger partial charge in [0.15, 0.2) is 11.5 Å². The van der Waals surface area contributed by atoms with Crippen molar-refractivity contribution in [2.75, 3.05) is 13.2 Å². The maximum absolute atomic E-state index is 13.1. The molecule has 1 N–H and O–H groups in total. The Labute approximate surface area is 159 Å². The molecule has 1 aliphatic heterocycles. The number of aromatic nitrogens is 2. The molecule has 11 heteroatoms. The van der Waals surface area contributed by atoms with Crippen molar-refractivity contribution in [3.05, 3.63) is 46.8 Å². The molecular weight excluding hydrogens is 399 g/mol. The van der Waals surface area contributed by atoms with E-state index < -0.39 is 21.9 Å². The molecule has 1 aromatic heterocycles. The number of hydrogen-bond donors (Lipinski definition) is 1. The number of sulfonamides is 1. The Morgan fingerprint density at radius 1 is 1.29 bits per heavy atom. The topological polar surface area (TPSA) is 90.3 Å². The van der Waals surface area contributed by atoms with E-state index in [2.05, 4.69) is 9.82 Å². The molecular formula is C17H18F3N3O4S. The molecule has 0 bridgehead atoms. The summed E-state index contributed by atoms with van der Waals surface area (Å²) >= 11 is 0. The fraction of sp³-hybridized carbons (Fsp3) is 0.412. The van der Waals surface area contributed by atoms with Gasteiger partial charge in [0.25, 0.3) is 0 Å². The maximum atomic E-state index is 13.1. The van der Waals surface area contributed by atoms with Gasteiger partial charge < -0.3 is 4.74 Å². The number of benzene rings is 1. The number of nitrogens with zero attached hydrogens (tertiary/aromatic N) is 2. The second-order valence-electron chi connectivity index (χ2n) is 6.28. The smallest absolute Gasteiger partial charge is 0.376 e. The molecule has 7 nitrogen and oxygen atoms in total. The monoisotopic (exact) mass is 417 g/mol. The van der Waals surface area contributed by atoms with E-state index in [4.69, 9.17) is 4.74 Å². The molecule has 0 unspecified atom stereocenters. The number of hydrogen-bond acceptors (Lipinski definition) is 5. The first-order chi connectivity index (χ1) is 13.1. The predicted octanol–water partition coefficient (Wildman–Crippen LogP) is 2.16. The van der Waals surface area contributed by atoms with E-state index in [9.17, 15) is 26.4 Å². The van der Waals surface area contributed by atoms with Crippen LogP contribution in [-0.2, 0) is 40.5 Å². The van der Waals surface area contributed by atoms with Gasteiger partial charge in [0, 0.05) is 29.8 Å². The molecule has 2 aromatic rings. The largest absolute Gasteiger partial charge is 0.435 e. The first-order valence-electron chi connectivity index (χ1n) is 8.44. The summed E-state index contributed by atoms with van der Waals surface area (Å²) in [7, 11) is -3.87. The quantitative estimate of drug-likeness (QED) is 0.728. The van der Waals surface area contributed by atoms with Crippen LogP contribution in [0.2, 0.25) is 0 Å². The lowest BCUT2D eigenvalue weighted by Crippen LogP contribution is -2.28. The first kappa shape index (κ1) is 20.5. The van der Waals surface area contributed by atoms with Crippen molar-refractivity contribution in [1.82, 2.24) is 14.5 Å². The highest BCUT2D eigenvalue weighted by molar-refractivity contribution is 7.89. The Balaban J connectivity index is 1.72. The molecule has 0 saturated carbocycles. The van der Waals surface area contributed by atoms with Gasteiger partial charge in [-0.2, -0.15) is 18.3 Å². The summed E-state index contributed by atoms with van der Waals surface area (Å²) in [6.07, 6.45) is -4.33. The number of halogens is 3. The minimum Gasteiger partial charge on any atom is -0.376 e. The van der Waals surface area contributed by atoms with Crippen LogP contribution >= 0.6 is 0 Å². The molecule has 0 aliphatic carbocycles. The third kappa shape index (κ3) is 4.26. The lowest BCUT2D eigenvalue weighted by atomic mass is 10.1. The van der Waals surface area contributed by atoms with Crippen LogP contribution in [0, 0.1) is 0 Å². The summed E-state index contributed by atoms with van der Waals surface area (Å²) in [5, 5.41) is 3.63. The maximum Gasteiger partial charge on any atom is 0.435 e. The van der Waals surface area contributed by atoms with E-state index in [1.165, 1.54) is 35.9 Å². The number of nitrogens with one attached hydrogen (secondary N) is 1. The number of carbonyl (C=O) groups excluding carboxylic acids is 1. The standard InChI is InChI=1S/C17H18F3N3O4S/c1-11(24)12-2-4-13(5-3-12)28(25,26)21-7-8-23-15-6-9-27-10-14(15)16(22-23)17(18,19)20/h2-5,21H,6-10H2,1H3. The molecule has 28 heavy (non-hydrogen) atoms. The molecule has 0 saturated heterocycles. The summed E-state index contributed by atoms with van der Waals surface area (Å²) in [5.74, 6) is -0.190. The van der Waals surface area contributed by atoms with Crippen molar-refractivity contribution in [3.8, 4) is 0 Å². The molecule has 2 heterocycles. The Hall–Kier alpha value is -2.24. The number of ether oxygens (including phenoxy) is 1. The molecule has 152 valence electrons. The highest BCUT2D eigenvalue weighted by atomic mass is 32.2. The lowest BCUT2D eigenvalue weighted by Gasteiger charge is -2.15. The average molecular weight is 417 g/mol. The molecule has 1 aromatic carbocycles. The SMILES string of the molecule is CC(=O)c1ccc(S(=O)(=O)NCCn2nc(C(F)(F)F)c3c2CCOC3)cc1. The van der Waals surface area contributed by atoms with Crippen LogP contribution in [0.5, 0.6) is 0 Å². The molecule has 1 aliphatic rings. The van der Waals surface area contributed by atoms with E-state index in [1.54, 1.807) is 0 Å². The number of carbonyl (C=O) groups is 1. The minimum atomic E-state index is -4.60. The summed E-state index contributed by atoms with van der Waals surface area (Å²) in [5.41, 5.74) is -0.209. The van der Waals surface area contributed by atoms with Gasteiger partial charge in [-0.3, -0.25) is 9.48 Å². The van der Waals surface area contributed by atoms with Crippen molar-refractivity contribution in [3.63, 3.8) is 0 Å². The molecule has 0 radical (unpaired) electrons. The third-order valence-electron chi connectivity index (χ3n) is 4.35. The number of ketones is 1. The zero-order valence-electron chi connectivity index (χ0n) is 14.9. The summed E-state index contributed by atoms with van der Waals surface area (Å²) < 4.78 is 72.7. The number of rotatable bonds is 6. The summed E-state index contributed by atoms with van der Waals surface area (Å²) in [6.45, 7) is 1.29. The van der Waals surface area contributed by atoms with E-state index in [1.807, 2.05) is 0 Å². The first-order valence-corrected chi connectivity index (χ1v) is 9.92. The van der Waals surface area contributed by atoms with Gasteiger partial charge in [0.05, 0.1) is 24.7 Å². The molecule has 0 amide bonds. The van der Waals surface area contributed by atoms with Gasteiger partial charge in [-0.15, -0.1) is 0 Å². The van der Waals surface area contributed by atoms with Gasteiger partial charge in [-0.25, -0.2) is 13.1 Å². The molecule has 3 rings (SSSR count). The van der Waals surface area contributed by atoms with Crippen LogP contribution in [0.1, 0.15) is 34.2 Å². The van der Waals surface area contributed by atoms with Crippen molar-refractivity contribution in [1.29, 1.82) is 0 Å². The van der Waals surface area contributed by atoms with Crippen LogP contribution in [-0.4, -0.2) is 37.1 Å². The fourth-order valence-electron chi connectivity index (χ4n) is 2.96. The Morgan fingerprint density at radius 3 is 2.57 bits per heavy atom. The Bertz CT molecular complexity index is 982. The summed E-state index contributed by atoms with van der Waals surface area (Å²) in [4.78, 5) is 11.2. The average Bonchev–Trinajstić information content (AvgIpc) is 3.01. The number of Topliss-reactive ketones (excluding diaryl/α,β-unsaturated/α-hetero) is 1. The van der Waals surface area contributed by atoms with Crippen molar-refractivity contribution in [2.24, 2.45) is 0 Å². The molecule has 0 atom stereocenters. The van der Waals surface area contributed by atoms with Crippen molar-refractivity contribution < 1.29 is 31.1 Å². The fourth-order valence-corrected chi connectivity index (χ4v) is 3.98. The highest BCUT2D eigenvalue weighted by Gasteiger charge is 2.39. The van der Waals surface area contributed by atoms with E-state index in [0.29, 0.717) is 11.3 Å². The van der Waals surface area contributed by atoms with Crippen molar-refractivity contribution >= 4 is 15.8 Å². The van der Waals surface area contributed by atoms with E-state index >= 15 is 0 Å². The van der Waals surface area contributed by atoms with Gasteiger partial charge in [-0.05, 0) is 19.1 Å². The van der Waals surface area contributed by atoms with Crippen LogP contribution in [0.4, 0.5) is 13.2 Å².